The van der Waals surface area contributed by atoms with Gasteiger partial charge in [-0.05, 0) is 25.8 Å². The lowest BCUT2D eigenvalue weighted by molar-refractivity contribution is -0.117. The largest absolute Gasteiger partial charge is 0.369 e. The van der Waals surface area contributed by atoms with Crippen LogP contribution < -0.4 is 0 Å². The molecule has 0 bridgehead atoms. The quantitative estimate of drug-likeness (QED) is 0.514. The summed E-state index contributed by atoms with van der Waals surface area (Å²) in [5.74, 6) is 0.790. The van der Waals surface area contributed by atoms with Crippen LogP contribution in [0.1, 0.15) is 33.6 Å². The Morgan fingerprint density at radius 1 is 1.41 bits per heavy atom. The van der Waals surface area contributed by atoms with Crippen molar-refractivity contribution in [2.75, 3.05) is 6.61 Å². The summed E-state index contributed by atoms with van der Waals surface area (Å²) in [6, 6.07) is 0. The van der Waals surface area contributed by atoms with Gasteiger partial charge in [0.25, 0.3) is 0 Å². The minimum Gasteiger partial charge on any atom is -0.369 e. The van der Waals surface area contributed by atoms with E-state index >= 15 is 0 Å². The molecule has 1 aliphatic heterocycles. The molecule has 3 aliphatic rings. The molecule has 0 N–H and O–H groups in total. The van der Waals surface area contributed by atoms with Crippen LogP contribution in [0, 0.1) is 17.3 Å². The van der Waals surface area contributed by atoms with E-state index < -0.39 is 0 Å². The van der Waals surface area contributed by atoms with Gasteiger partial charge in [-0.15, -0.1) is 0 Å². The molecule has 2 unspecified atom stereocenters. The Hall–Kier alpha value is -0.890. The normalized spacial score (nSPS) is 48.6. The molecule has 1 fully saturated rings. The molecule has 0 saturated carbocycles. The number of rotatable bonds is 1. The molecule has 3 rings (SSSR count). The van der Waals surface area contributed by atoms with E-state index in [9.17, 15) is 4.79 Å². The molecule has 0 spiro atoms. The number of carbonyl (C=O) groups is 1. The first kappa shape index (κ1) is 11.2. The average molecular weight is 232 g/mol. The minimum absolute atomic E-state index is 0.0511. The van der Waals surface area contributed by atoms with Gasteiger partial charge in [0.05, 0.1) is 12.2 Å². The SMILES string of the molecule is CC1C(=O)C=C[C@]2(C)CC[C@@H](C3(C)CO3)C=C12. The Bertz CT molecular complexity index is 428. The lowest BCUT2D eigenvalue weighted by Gasteiger charge is -2.41. The van der Waals surface area contributed by atoms with Gasteiger partial charge >= 0.3 is 0 Å². The first-order chi connectivity index (χ1) is 7.95. The van der Waals surface area contributed by atoms with Crippen LogP contribution in [0.2, 0.25) is 0 Å². The highest BCUT2D eigenvalue weighted by molar-refractivity contribution is 5.95. The second-order valence-electron chi connectivity index (χ2n) is 6.24. The average Bonchev–Trinajstić information content (AvgIpc) is 3.04. The molecule has 0 aromatic rings. The van der Waals surface area contributed by atoms with Gasteiger partial charge in [0, 0.05) is 17.3 Å². The Balaban J connectivity index is 1.99. The summed E-state index contributed by atoms with van der Waals surface area (Å²) in [5, 5.41) is 0. The standard InChI is InChI=1S/C15H20O2/c1-10-12-8-11(15(3)9-17-15)4-6-14(12,2)7-5-13(10)16/h5,7-8,10-11H,4,6,9H2,1-3H3/t10?,11-,14+,15?/m1/s1. The second kappa shape index (κ2) is 3.32. The molecule has 17 heavy (non-hydrogen) atoms. The van der Waals surface area contributed by atoms with Gasteiger partial charge < -0.3 is 4.74 Å². The summed E-state index contributed by atoms with van der Waals surface area (Å²) < 4.78 is 5.56. The molecule has 2 heteroatoms. The summed E-state index contributed by atoms with van der Waals surface area (Å²) in [7, 11) is 0. The molecule has 0 aromatic carbocycles. The van der Waals surface area contributed by atoms with Crippen molar-refractivity contribution in [3.8, 4) is 0 Å². The van der Waals surface area contributed by atoms with Crippen LogP contribution in [0.15, 0.2) is 23.8 Å². The van der Waals surface area contributed by atoms with Gasteiger partial charge in [-0.2, -0.15) is 0 Å². The van der Waals surface area contributed by atoms with Gasteiger partial charge in [-0.3, -0.25) is 4.79 Å². The van der Waals surface area contributed by atoms with Crippen LogP contribution in [0.25, 0.3) is 0 Å². The lowest BCUT2D eigenvalue weighted by Crippen LogP contribution is -2.36. The van der Waals surface area contributed by atoms with Crippen molar-refractivity contribution < 1.29 is 9.53 Å². The van der Waals surface area contributed by atoms with E-state index in [1.54, 1.807) is 6.08 Å². The van der Waals surface area contributed by atoms with Crippen LogP contribution >= 0.6 is 0 Å². The zero-order chi connectivity index (χ0) is 12.3. The van der Waals surface area contributed by atoms with Crippen molar-refractivity contribution in [2.24, 2.45) is 17.3 Å². The van der Waals surface area contributed by atoms with Crippen molar-refractivity contribution >= 4 is 5.78 Å². The fourth-order valence-corrected chi connectivity index (χ4v) is 3.28. The Morgan fingerprint density at radius 2 is 2.12 bits per heavy atom. The predicted molar refractivity (Wildman–Crippen MR) is 66.6 cm³/mol. The molecular weight excluding hydrogens is 212 g/mol. The maximum absolute atomic E-state index is 11.8. The third kappa shape index (κ3) is 1.61. The molecule has 4 atom stereocenters. The Morgan fingerprint density at radius 3 is 2.76 bits per heavy atom. The van der Waals surface area contributed by atoms with Crippen molar-refractivity contribution in [3.05, 3.63) is 23.8 Å². The summed E-state index contributed by atoms with van der Waals surface area (Å²) in [5.41, 5.74) is 1.48. The van der Waals surface area contributed by atoms with Crippen molar-refractivity contribution in [1.29, 1.82) is 0 Å². The highest BCUT2D eigenvalue weighted by Gasteiger charge is 2.49. The van der Waals surface area contributed by atoms with Crippen LogP contribution in [-0.4, -0.2) is 18.0 Å². The molecule has 0 aromatic heterocycles. The van der Waals surface area contributed by atoms with E-state index in [1.165, 1.54) is 12.0 Å². The van der Waals surface area contributed by atoms with Gasteiger partial charge in [0.1, 0.15) is 0 Å². The molecule has 1 saturated heterocycles. The monoisotopic (exact) mass is 232 g/mol. The van der Waals surface area contributed by atoms with Gasteiger partial charge in [-0.1, -0.05) is 31.6 Å². The van der Waals surface area contributed by atoms with Gasteiger partial charge in [0.15, 0.2) is 5.78 Å². The Kier molecular flexibility index (Phi) is 2.19. The fourth-order valence-electron chi connectivity index (χ4n) is 3.28. The molecule has 2 aliphatic carbocycles. The highest BCUT2D eigenvalue weighted by Crippen LogP contribution is 2.51. The Labute approximate surface area is 103 Å². The third-order valence-corrected chi connectivity index (χ3v) is 4.91. The number of allylic oxidation sites excluding steroid dienone is 3. The highest BCUT2D eigenvalue weighted by atomic mass is 16.6. The first-order valence-corrected chi connectivity index (χ1v) is 6.54. The van der Waals surface area contributed by atoms with Crippen molar-refractivity contribution in [1.82, 2.24) is 0 Å². The summed E-state index contributed by atoms with van der Waals surface area (Å²) in [6.45, 7) is 7.35. The van der Waals surface area contributed by atoms with E-state index in [2.05, 4.69) is 26.0 Å². The van der Waals surface area contributed by atoms with E-state index in [-0.39, 0.29) is 22.7 Å². The van der Waals surface area contributed by atoms with Crippen molar-refractivity contribution in [2.45, 2.75) is 39.2 Å². The van der Waals surface area contributed by atoms with Crippen molar-refractivity contribution in [3.63, 3.8) is 0 Å². The zero-order valence-corrected chi connectivity index (χ0v) is 10.8. The van der Waals surface area contributed by atoms with E-state index in [1.807, 2.05) is 6.92 Å². The van der Waals surface area contributed by atoms with E-state index in [4.69, 9.17) is 4.74 Å². The number of hydrogen-bond donors (Lipinski definition) is 0. The molecule has 0 amide bonds. The van der Waals surface area contributed by atoms with Gasteiger partial charge in [0.2, 0.25) is 0 Å². The third-order valence-electron chi connectivity index (χ3n) is 4.91. The molecule has 2 nitrogen and oxygen atoms in total. The molecule has 1 heterocycles. The van der Waals surface area contributed by atoms with Crippen LogP contribution in [0.3, 0.4) is 0 Å². The number of fused-ring (bicyclic) bond motifs is 1. The summed E-state index contributed by atoms with van der Waals surface area (Å²) in [6.07, 6.45) is 8.52. The second-order valence-corrected chi connectivity index (χ2v) is 6.24. The maximum Gasteiger partial charge on any atom is 0.162 e. The number of carbonyl (C=O) groups excluding carboxylic acids is 1. The van der Waals surface area contributed by atoms with E-state index in [0.29, 0.717) is 5.92 Å². The number of ketones is 1. The lowest BCUT2D eigenvalue weighted by atomic mass is 9.62. The van der Waals surface area contributed by atoms with Gasteiger partial charge in [-0.25, -0.2) is 0 Å². The topological polar surface area (TPSA) is 29.6 Å². The van der Waals surface area contributed by atoms with Crippen LogP contribution in [0.4, 0.5) is 0 Å². The maximum atomic E-state index is 11.8. The predicted octanol–water partition coefficient (Wildman–Crippen LogP) is 2.89. The van der Waals surface area contributed by atoms with E-state index in [0.717, 1.165) is 13.0 Å². The molecule has 0 radical (unpaired) electrons. The number of ether oxygens (including phenoxy) is 1. The molecular formula is C15H20O2. The summed E-state index contributed by atoms with van der Waals surface area (Å²) >= 11 is 0. The summed E-state index contributed by atoms with van der Waals surface area (Å²) in [4.78, 5) is 11.8. The fraction of sp³-hybridized carbons (Fsp3) is 0.667. The molecule has 92 valence electrons. The first-order valence-electron chi connectivity index (χ1n) is 6.54. The number of hydrogen-bond acceptors (Lipinski definition) is 2. The van der Waals surface area contributed by atoms with Crippen LogP contribution in [0.5, 0.6) is 0 Å². The number of epoxide rings is 1. The minimum atomic E-state index is 0.0511. The van der Waals surface area contributed by atoms with Crippen LogP contribution in [-0.2, 0) is 9.53 Å². The zero-order valence-electron chi connectivity index (χ0n) is 10.8. The smallest absolute Gasteiger partial charge is 0.162 e.